The SMILES string of the molecule is CCC(N)C(c1cccc(C)c1)N(C)CC(=O)N(C)C. The van der Waals surface area contributed by atoms with Crippen LogP contribution in [0.3, 0.4) is 0 Å². The monoisotopic (exact) mass is 277 g/mol. The highest BCUT2D eigenvalue weighted by Gasteiger charge is 2.25. The molecule has 0 aliphatic heterocycles. The van der Waals surface area contributed by atoms with Gasteiger partial charge in [-0.2, -0.15) is 0 Å². The van der Waals surface area contributed by atoms with Crippen molar-refractivity contribution < 1.29 is 4.79 Å². The fourth-order valence-electron chi connectivity index (χ4n) is 2.36. The highest BCUT2D eigenvalue weighted by Crippen LogP contribution is 2.24. The zero-order valence-corrected chi connectivity index (χ0v) is 13.3. The highest BCUT2D eigenvalue weighted by molar-refractivity contribution is 5.77. The lowest BCUT2D eigenvalue weighted by Crippen LogP contribution is -2.43. The van der Waals surface area contributed by atoms with Gasteiger partial charge in [-0.3, -0.25) is 9.69 Å². The van der Waals surface area contributed by atoms with Gasteiger partial charge in [0.25, 0.3) is 0 Å². The van der Waals surface area contributed by atoms with Gasteiger partial charge in [-0.1, -0.05) is 36.8 Å². The Morgan fingerprint density at radius 1 is 1.30 bits per heavy atom. The Labute approximate surface area is 122 Å². The van der Waals surface area contributed by atoms with Crippen LogP contribution in [0.25, 0.3) is 0 Å². The minimum atomic E-state index is 0.0109. The first kappa shape index (κ1) is 16.7. The summed E-state index contributed by atoms with van der Waals surface area (Å²) in [7, 11) is 5.51. The molecule has 2 atom stereocenters. The summed E-state index contributed by atoms with van der Waals surface area (Å²) in [5.41, 5.74) is 8.67. The highest BCUT2D eigenvalue weighted by atomic mass is 16.2. The molecule has 0 aromatic heterocycles. The molecule has 1 aromatic rings. The molecule has 1 rings (SSSR count). The molecule has 0 spiro atoms. The fourth-order valence-corrected chi connectivity index (χ4v) is 2.36. The molecule has 0 fully saturated rings. The zero-order valence-electron chi connectivity index (χ0n) is 13.3. The van der Waals surface area contributed by atoms with Gasteiger partial charge in [0.15, 0.2) is 0 Å². The van der Waals surface area contributed by atoms with Gasteiger partial charge in [-0.05, 0) is 26.0 Å². The summed E-state index contributed by atoms with van der Waals surface area (Å²) < 4.78 is 0. The lowest BCUT2D eigenvalue weighted by molar-refractivity contribution is -0.130. The molecule has 4 nitrogen and oxygen atoms in total. The van der Waals surface area contributed by atoms with Crippen molar-refractivity contribution in [1.29, 1.82) is 0 Å². The Hall–Kier alpha value is -1.39. The molecule has 2 unspecified atom stereocenters. The topological polar surface area (TPSA) is 49.6 Å². The first-order valence-electron chi connectivity index (χ1n) is 7.09. The van der Waals surface area contributed by atoms with E-state index in [1.807, 2.05) is 18.0 Å². The van der Waals surface area contributed by atoms with Crippen LogP contribution in [0.5, 0.6) is 0 Å². The maximum absolute atomic E-state index is 11.9. The van der Waals surface area contributed by atoms with Crippen molar-refractivity contribution in [3.05, 3.63) is 35.4 Å². The summed E-state index contributed by atoms with van der Waals surface area (Å²) in [4.78, 5) is 15.6. The summed E-state index contributed by atoms with van der Waals surface area (Å²) in [6, 6.07) is 8.42. The summed E-state index contributed by atoms with van der Waals surface area (Å²) in [5, 5.41) is 0. The summed E-state index contributed by atoms with van der Waals surface area (Å²) in [5.74, 6) is 0.0912. The van der Waals surface area contributed by atoms with Crippen LogP contribution in [-0.4, -0.2) is 49.4 Å². The molecular formula is C16H27N3O. The van der Waals surface area contributed by atoms with Crippen LogP contribution in [0.15, 0.2) is 24.3 Å². The standard InChI is InChI=1S/C16H27N3O/c1-6-14(17)16(13-9-7-8-12(2)10-13)19(5)11-15(20)18(3)4/h7-10,14,16H,6,11,17H2,1-5H3. The van der Waals surface area contributed by atoms with Crippen LogP contribution >= 0.6 is 0 Å². The maximum atomic E-state index is 11.9. The second-order valence-electron chi connectivity index (χ2n) is 5.63. The average Bonchev–Trinajstić information content (AvgIpc) is 2.38. The molecular weight excluding hydrogens is 250 g/mol. The second kappa shape index (κ2) is 7.41. The number of amides is 1. The molecule has 4 heteroatoms. The van der Waals surface area contributed by atoms with E-state index in [0.717, 1.165) is 6.42 Å². The number of rotatable bonds is 6. The molecule has 0 saturated carbocycles. The smallest absolute Gasteiger partial charge is 0.236 e. The molecule has 0 bridgehead atoms. The van der Waals surface area contributed by atoms with E-state index in [2.05, 4.69) is 32.0 Å². The molecule has 20 heavy (non-hydrogen) atoms. The number of benzene rings is 1. The summed E-state index contributed by atoms with van der Waals surface area (Å²) >= 11 is 0. The predicted octanol–water partition coefficient (Wildman–Crippen LogP) is 1.79. The number of nitrogens with zero attached hydrogens (tertiary/aromatic N) is 2. The van der Waals surface area contributed by atoms with Gasteiger partial charge in [0, 0.05) is 20.1 Å². The Morgan fingerprint density at radius 2 is 1.95 bits per heavy atom. The van der Waals surface area contributed by atoms with Crippen molar-refractivity contribution in [3.63, 3.8) is 0 Å². The molecule has 1 amide bonds. The van der Waals surface area contributed by atoms with E-state index in [9.17, 15) is 4.79 Å². The summed E-state index contributed by atoms with van der Waals surface area (Å²) in [6.07, 6.45) is 0.874. The lowest BCUT2D eigenvalue weighted by Gasteiger charge is -2.33. The Bertz CT molecular complexity index is 445. The largest absolute Gasteiger partial charge is 0.348 e. The second-order valence-corrected chi connectivity index (χ2v) is 5.63. The number of aryl methyl sites for hydroxylation is 1. The maximum Gasteiger partial charge on any atom is 0.236 e. The molecule has 1 aromatic carbocycles. The number of likely N-dealkylation sites (N-methyl/N-ethyl adjacent to an activating group) is 2. The Balaban J connectivity index is 2.98. The zero-order chi connectivity index (χ0) is 15.3. The van der Waals surface area contributed by atoms with Gasteiger partial charge in [0.1, 0.15) is 0 Å². The molecule has 0 heterocycles. The van der Waals surface area contributed by atoms with Gasteiger partial charge in [-0.15, -0.1) is 0 Å². The van der Waals surface area contributed by atoms with Crippen LogP contribution in [-0.2, 0) is 4.79 Å². The third-order valence-electron chi connectivity index (χ3n) is 3.62. The summed E-state index contributed by atoms with van der Waals surface area (Å²) in [6.45, 7) is 4.53. The molecule has 0 radical (unpaired) electrons. The van der Waals surface area contributed by atoms with E-state index in [-0.39, 0.29) is 18.0 Å². The van der Waals surface area contributed by atoms with Gasteiger partial charge in [0.05, 0.1) is 12.6 Å². The van der Waals surface area contributed by atoms with Crippen molar-refractivity contribution in [1.82, 2.24) is 9.80 Å². The van der Waals surface area contributed by atoms with Crippen molar-refractivity contribution in [2.45, 2.75) is 32.4 Å². The third-order valence-corrected chi connectivity index (χ3v) is 3.62. The normalized spacial score (nSPS) is 14.2. The number of hydrogen-bond donors (Lipinski definition) is 1. The minimum Gasteiger partial charge on any atom is -0.348 e. The Morgan fingerprint density at radius 3 is 2.45 bits per heavy atom. The molecule has 0 aliphatic rings. The minimum absolute atomic E-state index is 0.0109. The molecule has 0 saturated heterocycles. The van der Waals surface area contributed by atoms with Crippen molar-refractivity contribution in [2.75, 3.05) is 27.7 Å². The molecule has 2 N–H and O–H groups in total. The van der Waals surface area contributed by atoms with E-state index in [0.29, 0.717) is 6.54 Å². The van der Waals surface area contributed by atoms with Crippen LogP contribution in [0, 0.1) is 6.92 Å². The number of carbonyl (C=O) groups is 1. The van der Waals surface area contributed by atoms with Crippen LogP contribution in [0.1, 0.15) is 30.5 Å². The van der Waals surface area contributed by atoms with Crippen LogP contribution in [0.4, 0.5) is 0 Å². The van der Waals surface area contributed by atoms with Gasteiger partial charge < -0.3 is 10.6 Å². The number of nitrogens with two attached hydrogens (primary N) is 1. The van der Waals surface area contributed by atoms with E-state index < -0.39 is 0 Å². The fraction of sp³-hybridized carbons (Fsp3) is 0.562. The number of carbonyl (C=O) groups excluding carboxylic acids is 1. The average molecular weight is 277 g/mol. The van der Waals surface area contributed by atoms with Crippen molar-refractivity contribution >= 4 is 5.91 Å². The van der Waals surface area contributed by atoms with Crippen molar-refractivity contribution in [2.24, 2.45) is 5.73 Å². The first-order valence-corrected chi connectivity index (χ1v) is 7.09. The van der Waals surface area contributed by atoms with Gasteiger partial charge in [0.2, 0.25) is 5.91 Å². The van der Waals surface area contributed by atoms with Crippen LogP contribution in [0.2, 0.25) is 0 Å². The van der Waals surface area contributed by atoms with Crippen molar-refractivity contribution in [3.8, 4) is 0 Å². The molecule has 112 valence electrons. The predicted molar refractivity (Wildman–Crippen MR) is 83.5 cm³/mol. The molecule has 0 aliphatic carbocycles. The van der Waals surface area contributed by atoms with Gasteiger partial charge >= 0.3 is 0 Å². The van der Waals surface area contributed by atoms with E-state index in [1.54, 1.807) is 19.0 Å². The van der Waals surface area contributed by atoms with E-state index >= 15 is 0 Å². The van der Waals surface area contributed by atoms with E-state index in [4.69, 9.17) is 5.73 Å². The third kappa shape index (κ3) is 4.32. The lowest BCUT2D eigenvalue weighted by atomic mass is 9.95. The Kier molecular flexibility index (Phi) is 6.17. The first-order chi connectivity index (χ1) is 9.36. The van der Waals surface area contributed by atoms with Gasteiger partial charge in [-0.25, -0.2) is 0 Å². The van der Waals surface area contributed by atoms with E-state index in [1.165, 1.54) is 11.1 Å². The van der Waals surface area contributed by atoms with Crippen LogP contribution < -0.4 is 5.73 Å². The quantitative estimate of drug-likeness (QED) is 0.862. The number of hydrogen-bond acceptors (Lipinski definition) is 3.